The summed E-state index contributed by atoms with van der Waals surface area (Å²) in [7, 11) is 0. The number of rotatable bonds is 5. The molecule has 1 aromatic carbocycles. The maximum atomic E-state index is 12.8. The summed E-state index contributed by atoms with van der Waals surface area (Å²) in [6.45, 7) is 2.30. The predicted molar refractivity (Wildman–Crippen MR) is 99.6 cm³/mol. The molecule has 2 aromatic rings. The average molecular weight is 406 g/mol. The molecule has 1 fully saturated rings. The third kappa shape index (κ3) is 5.56. The zero-order valence-corrected chi connectivity index (χ0v) is 15.9. The van der Waals surface area contributed by atoms with E-state index in [1.807, 2.05) is 0 Å². The van der Waals surface area contributed by atoms with E-state index in [0.717, 1.165) is 12.1 Å². The monoisotopic (exact) mass is 406 g/mol. The number of carbonyl (C=O) groups is 2. The second-order valence-electron chi connectivity index (χ2n) is 7.03. The molecule has 1 amide bonds. The van der Waals surface area contributed by atoms with Crippen LogP contribution in [0.5, 0.6) is 5.75 Å². The molecular formula is C21H21F3N2O3. The normalized spacial score (nSPS) is 15.2. The van der Waals surface area contributed by atoms with Crippen molar-refractivity contribution < 1.29 is 27.5 Å². The summed E-state index contributed by atoms with van der Waals surface area (Å²) in [5.74, 6) is -0.0919. The lowest BCUT2D eigenvalue weighted by Crippen LogP contribution is -2.42. The van der Waals surface area contributed by atoms with E-state index in [4.69, 9.17) is 4.74 Å². The maximum absolute atomic E-state index is 12.8. The highest BCUT2D eigenvalue weighted by Crippen LogP contribution is 2.32. The van der Waals surface area contributed by atoms with E-state index in [2.05, 4.69) is 4.98 Å². The van der Waals surface area contributed by atoms with Crippen molar-refractivity contribution in [3.63, 3.8) is 0 Å². The minimum atomic E-state index is -4.42. The van der Waals surface area contributed by atoms with Gasteiger partial charge in [-0.05, 0) is 37.3 Å². The molecule has 0 bridgehead atoms. The Labute approximate surface area is 166 Å². The summed E-state index contributed by atoms with van der Waals surface area (Å²) < 4.78 is 44.2. The third-order valence-corrected chi connectivity index (χ3v) is 4.65. The van der Waals surface area contributed by atoms with Gasteiger partial charge in [-0.15, -0.1) is 0 Å². The minimum absolute atomic E-state index is 0.0327. The third-order valence-electron chi connectivity index (χ3n) is 4.65. The van der Waals surface area contributed by atoms with Gasteiger partial charge in [-0.1, -0.05) is 12.1 Å². The molecule has 0 spiro atoms. The molecule has 0 aliphatic carbocycles. The van der Waals surface area contributed by atoms with Crippen LogP contribution < -0.4 is 4.74 Å². The van der Waals surface area contributed by atoms with Crippen molar-refractivity contribution in [2.24, 2.45) is 0 Å². The number of nitrogens with zero attached hydrogens (tertiary/aromatic N) is 2. The summed E-state index contributed by atoms with van der Waals surface area (Å²) in [5, 5.41) is 0. The second-order valence-corrected chi connectivity index (χ2v) is 7.03. The van der Waals surface area contributed by atoms with Crippen LogP contribution in [-0.2, 0) is 17.4 Å². The molecule has 154 valence electrons. The highest BCUT2D eigenvalue weighted by Gasteiger charge is 2.31. The Morgan fingerprint density at radius 1 is 1.14 bits per heavy atom. The number of benzene rings is 1. The van der Waals surface area contributed by atoms with Crippen LogP contribution in [0.3, 0.4) is 0 Å². The molecule has 0 atom stereocenters. The lowest BCUT2D eigenvalue weighted by molar-refractivity contribution is -0.137. The van der Waals surface area contributed by atoms with Gasteiger partial charge in [-0.2, -0.15) is 13.2 Å². The van der Waals surface area contributed by atoms with Gasteiger partial charge in [0.15, 0.2) is 0 Å². The van der Waals surface area contributed by atoms with Crippen molar-refractivity contribution >= 4 is 11.7 Å². The first-order valence-electron chi connectivity index (χ1n) is 9.31. The van der Waals surface area contributed by atoms with Crippen molar-refractivity contribution in [2.75, 3.05) is 13.1 Å². The molecule has 8 heteroatoms. The molecule has 0 saturated carbocycles. The Hall–Kier alpha value is -2.90. The first kappa shape index (κ1) is 20.8. The van der Waals surface area contributed by atoms with Gasteiger partial charge in [0, 0.05) is 38.0 Å². The Kier molecular flexibility index (Phi) is 6.20. The van der Waals surface area contributed by atoms with Gasteiger partial charge in [0.25, 0.3) is 5.91 Å². The van der Waals surface area contributed by atoms with Crippen LogP contribution in [0.4, 0.5) is 13.2 Å². The highest BCUT2D eigenvalue weighted by molar-refractivity contribution is 5.92. The number of hydrogen-bond donors (Lipinski definition) is 0. The largest absolute Gasteiger partial charge is 0.490 e. The quantitative estimate of drug-likeness (QED) is 0.755. The maximum Gasteiger partial charge on any atom is 0.416 e. The number of Topliss-reactive ketones (excluding diaryl/α,β-unsaturated/α-hetero) is 1. The SMILES string of the molecule is CC(=O)Cc1cccc(C(=O)N2CCC(Oc3cccc(C(F)(F)F)c3)CC2)n1. The summed E-state index contributed by atoms with van der Waals surface area (Å²) in [6, 6.07) is 9.81. The molecule has 1 saturated heterocycles. The fourth-order valence-corrected chi connectivity index (χ4v) is 3.23. The molecule has 5 nitrogen and oxygen atoms in total. The number of piperidine rings is 1. The van der Waals surface area contributed by atoms with Crippen molar-refractivity contribution in [1.82, 2.24) is 9.88 Å². The van der Waals surface area contributed by atoms with Gasteiger partial charge in [-0.25, -0.2) is 4.98 Å². The van der Waals surface area contributed by atoms with E-state index in [1.54, 1.807) is 23.1 Å². The average Bonchev–Trinajstić information content (AvgIpc) is 2.67. The van der Waals surface area contributed by atoms with Crippen LogP contribution in [-0.4, -0.2) is 40.8 Å². The Morgan fingerprint density at radius 2 is 1.83 bits per heavy atom. The fraction of sp³-hybridized carbons (Fsp3) is 0.381. The van der Waals surface area contributed by atoms with Crippen molar-refractivity contribution in [3.8, 4) is 5.75 Å². The van der Waals surface area contributed by atoms with Crippen molar-refractivity contribution in [2.45, 2.75) is 38.5 Å². The van der Waals surface area contributed by atoms with E-state index in [-0.39, 0.29) is 35.7 Å². The number of ether oxygens (including phenoxy) is 1. The van der Waals surface area contributed by atoms with E-state index in [9.17, 15) is 22.8 Å². The van der Waals surface area contributed by atoms with E-state index < -0.39 is 11.7 Å². The van der Waals surface area contributed by atoms with Crippen LogP contribution in [0, 0.1) is 0 Å². The lowest BCUT2D eigenvalue weighted by Gasteiger charge is -2.32. The zero-order chi connectivity index (χ0) is 21.0. The molecule has 0 radical (unpaired) electrons. The topological polar surface area (TPSA) is 59.5 Å². The molecule has 2 heterocycles. The van der Waals surface area contributed by atoms with Gasteiger partial charge in [0.1, 0.15) is 23.3 Å². The molecule has 29 heavy (non-hydrogen) atoms. The standard InChI is InChI=1S/C21H21F3N2O3/c1-14(27)12-16-5-3-7-19(25-16)20(28)26-10-8-17(9-11-26)29-18-6-2-4-15(13-18)21(22,23)24/h2-7,13,17H,8-12H2,1H3. The molecule has 0 unspecified atom stereocenters. The van der Waals surface area contributed by atoms with Crippen LogP contribution >= 0.6 is 0 Å². The smallest absolute Gasteiger partial charge is 0.416 e. The summed E-state index contributed by atoms with van der Waals surface area (Å²) in [5.41, 5.74) is 0.0752. The first-order chi connectivity index (χ1) is 13.7. The molecule has 1 aromatic heterocycles. The second kappa shape index (κ2) is 8.63. The molecule has 1 aliphatic rings. The van der Waals surface area contributed by atoms with E-state index in [0.29, 0.717) is 31.6 Å². The van der Waals surface area contributed by atoms with Gasteiger partial charge < -0.3 is 9.64 Å². The van der Waals surface area contributed by atoms with Crippen molar-refractivity contribution in [1.29, 1.82) is 0 Å². The molecule has 1 aliphatic heterocycles. The van der Waals surface area contributed by atoms with Gasteiger partial charge in [0.05, 0.1) is 5.56 Å². The number of carbonyl (C=O) groups excluding carboxylic acids is 2. The number of aromatic nitrogens is 1. The number of ketones is 1. The van der Waals surface area contributed by atoms with Gasteiger partial charge in [-0.3, -0.25) is 9.59 Å². The van der Waals surface area contributed by atoms with Crippen molar-refractivity contribution in [3.05, 3.63) is 59.4 Å². The number of hydrogen-bond acceptors (Lipinski definition) is 4. The molecular weight excluding hydrogens is 385 g/mol. The minimum Gasteiger partial charge on any atom is -0.490 e. The van der Waals surface area contributed by atoms with Gasteiger partial charge in [0.2, 0.25) is 0 Å². The lowest BCUT2D eigenvalue weighted by atomic mass is 10.1. The number of halogens is 3. The summed E-state index contributed by atoms with van der Waals surface area (Å²) in [6.07, 6.45) is -3.49. The predicted octanol–water partition coefficient (Wildman–Crippen LogP) is 3.92. The summed E-state index contributed by atoms with van der Waals surface area (Å²) in [4.78, 5) is 29.8. The number of amides is 1. The van der Waals surface area contributed by atoms with Gasteiger partial charge >= 0.3 is 6.18 Å². The summed E-state index contributed by atoms with van der Waals surface area (Å²) >= 11 is 0. The van der Waals surface area contributed by atoms with E-state index in [1.165, 1.54) is 19.1 Å². The Balaban J connectivity index is 1.58. The fourth-order valence-electron chi connectivity index (χ4n) is 3.23. The molecule has 3 rings (SSSR count). The first-order valence-corrected chi connectivity index (χ1v) is 9.31. The zero-order valence-electron chi connectivity index (χ0n) is 15.9. The van der Waals surface area contributed by atoms with Crippen LogP contribution in [0.1, 0.15) is 41.5 Å². The highest BCUT2D eigenvalue weighted by atomic mass is 19.4. The Bertz CT molecular complexity index is 891. The van der Waals surface area contributed by atoms with Crippen LogP contribution in [0.25, 0.3) is 0 Å². The molecule has 0 N–H and O–H groups in total. The Morgan fingerprint density at radius 3 is 2.48 bits per heavy atom. The number of pyridine rings is 1. The number of alkyl halides is 3. The van der Waals surface area contributed by atoms with Crippen LogP contribution in [0.2, 0.25) is 0 Å². The van der Waals surface area contributed by atoms with E-state index >= 15 is 0 Å². The van der Waals surface area contributed by atoms with Crippen LogP contribution in [0.15, 0.2) is 42.5 Å². The number of likely N-dealkylation sites (tertiary alicyclic amines) is 1.